The Labute approximate surface area is 200 Å². The van der Waals surface area contributed by atoms with E-state index in [4.69, 9.17) is 9.47 Å². The number of likely N-dealkylation sites (N-methyl/N-ethyl adjacent to an activating group) is 1. The van der Waals surface area contributed by atoms with Crippen LogP contribution in [0.3, 0.4) is 0 Å². The number of methoxy groups -OCH3 is 2. The minimum atomic E-state index is -0.588. The van der Waals surface area contributed by atoms with Crippen molar-refractivity contribution in [1.82, 2.24) is 15.1 Å². The standard InChI is InChI=1S/C24H33N5O5/c1-26(2)18-8-6-17(7-9-18)21(28-12-10-27(3)11-13-28)16-25-24(30)19-14-22(33-4)23(34-5)15-20(19)29(31)32/h6-9,14-15,21H,10-13,16H2,1-5H3,(H,25,30)/t21-/m1/s1. The van der Waals surface area contributed by atoms with E-state index in [-0.39, 0.29) is 28.8 Å². The largest absolute Gasteiger partial charge is 0.493 e. The van der Waals surface area contributed by atoms with Gasteiger partial charge in [-0.15, -0.1) is 0 Å². The fraction of sp³-hybridized carbons (Fsp3) is 0.458. The lowest BCUT2D eigenvalue weighted by Gasteiger charge is -2.38. The summed E-state index contributed by atoms with van der Waals surface area (Å²) in [5, 5.41) is 14.6. The summed E-state index contributed by atoms with van der Waals surface area (Å²) in [4.78, 5) is 30.8. The van der Waals surface area contributed by atoms with Crippen LogP contribution in [-0.2, 0) is 0 Å². The summed E-state index contributed by atoms with van der Waals surface area (Å²) >= 11 is 0. The summed E-state index contributed by atoms with van der Waals surface area (Å²) in [7, 11) is 8.89. The molecule has 10 nitrogen and oxygen atoms in total. The highest BCUT2D eigenvalue weighted by molar-refractivity contribution is 5.99. The van der Waals surface area contributed by atoms with E-state index in [2.05, 4.69) is 46.4 Å². The van der Waals surface area contributed by atoms with Gasteiger partial charge in [-0.2, -0.15) is 0 Å². The number of hydrogen-bond donors (Lipinski definition) is 1. The summed E-state index contributed by atoms with van der Waals surface area (Å²) in [6.07, 6.45) is 0. The van der Waals surface area contributed by atoms with Gasteiger partial charge in [-0.3, -0.25) is 19.8 Å². The number of carbonyl (C=O) groups excluding carboxylic acids is 1. The highest BCUT2D eigenvalue weighted by Crippen LogP contribution is 2.34. The molecule has 10 heteroatoms. The molecule has 0 bridgehead atoms. The second-order valence-corrected chi connectivity index (χ2v) is 8.53. The van der Waals surface area contributed by atoms with Gasteiger partial charge in [0.25, 0.3) is 11.6 Å². The number of nitrogens with zero attached hydrogens (tertiary/aromatic N) is 4. The SMILES string of the molecule is COc1cc(C(=O)NC[C@H](c2ccc(N(C)C)cc2)N2CCN(C)CC2)c([N+](=O)[O-])cc1OC. The molecule has 0 radical (unpaired) electrons. The smallest absolute Gasteiger partial charge is 0.286 e. The van der Waals surface area contributed by atoms with Crippen molar-refractivity contribution >= 4 is 17.3 Å². The van der Waals surface area contributed by atoms with Crippen LogP contribution in [0.1, 0.15) is 22.0 Å². The molecule has 0 unspecified atom stereocenters. The van der Waals surface area contributed by atoms with Gasteiger partial charge in [-0.05, 0) is 24.7 Å². The topological polar surface area (TPSA) is 100 Å². The zero-order valence-corrected chi connectivity index (χ0v) is 20.4. The summed E-state index contributed by atoms with van der Waals surface area (Å²) < 4.78 is 10.4. The number of carbonyl (C=O) groups is 1. The van der Waals surface area contributed by atoms with Crippen LogP contribution >= 0.6 is 0 Å². The summed E-state index contributed by atoms with van der Waals surface area (Å²) in [5.74, 6) is -0.0770. The molecule has 1 aliphatic rings. The van der Waals surface area contributed by atoms with Crippen LogP contribution in [0.2, 0.25) is 0 Å². The number of piperazine rings is 1. The fourth-order valence-electron chi connectivity index (χ4n) is 4.07. The fourth-order valence-corrected chi connectivity index (χ4v) is 4.07. The molecule has 0 saturated carbocycles. The van der Waals surface area contributed by atoms with Gasteiger partial charge in [-0.25, -0.2) is 0 Å². The summed E-state index contributed by atoms with van der Waals surface area (Å²) in [5.41, 5.74) is 1.77. The Bertz CT molecular complexity index is 1000. The number of nitrogens with one attached hydrogen (secondary N) is 1. The van der Waals surface area contributed by atoms with Crippen LogP contribution in [0.15, 0.2) is 36.4 Å². The van der Waals surface area contributed by atoms with Gasteiger partial charge in [0.1, 0.15) is 5.56 Å². The van der Waals surface area contributed by atoms with E-state index in [1.165, 1.54) is 26.4 Å². The predicted molar refractivity (Wildman–Crippen MR) is 131 cm³/mol. The molecule has 1 aliphatic heterocycles. The lowest BCUT2D eigenvalue weighted by molar-refractivity contribution is -0.385. The van der Waals surface area contributed by atoms with Crippen molar-refractivity contribution in [3.8, 4) is 11.5 Å². The number of benzene rings is 2. The highest BCUT2D eigenvalue weighted by Gasteiger charge is 2.28. The third-order valence-corrected chi connectivity index (χ3v) is 6.17. The van der Waals surface area contributed by atoms with Crippen molar-refractivity contribution in [3.63, 3.8) is 0 Å². The zero-order valence-electron chi connectivity index (χ0n) is 20.4. The van der Waals surface area contributed by atoms with Crippen LogP contribution in [0.4, 0.5) is 11.4 Å². The van der Waals surface area contributed by atoms with Crippen molar-refractivity contribution < 1.29 is 19.2 Å². The molecule has 1 N–H and O–H groups in total. The van der Waals surface area contributed by atoms with Gasteiger partial charge in [0.2, 0.25) is 0 Å². The molecule has 0 spiro atoms. The van der Waals surface area contributed by atoms with Crippen LogP contribution in [-0.4, -0.2) is 88.7 Å². The molecule has 2 aromatic carbocycles. The van der Waals surface area contributed by atoms with Gasteiger partial charge in [0.05, 0.1) is 31.3 Å². The van der Waals surface area contributed by atoms with Crippen molar-refractivity contribution in [1.29, 1.82) is 0 Å². The number of anilines is 1. The number of rotatable bonds is 9. The molecule has 3 rings (SSSR count). The maximum absolute atomic E-state index is 13.1. The average Bonchev–Trinajstić information content (AvgIpc) is 2.84. The Balaban J connectivity index is 1.86. The van der Waals surface area contributed by atoms with Crippen molar-refractivity contribution in [2.75, 3.05) is 73.0 Å². The van der Waals surface area contributed by atoms with Gasteiger partial charge < -0.3 is 24.6 Å². The second kappa shape index (κ2) is 11.2. The number of amides is 1. The first-order valence-corrected chi connectivity index (χ1v) is 11.1. The maximum atomic E-state index is 13.1. The van der Waals surface area contributed by atoms with E-state index in [1.54, 1.807) is 0 Å². The Hall–Kier alpha value is -3.37. The van der Waals surface area contributed by atoms with Crippen molar-refractivity contribution in [2.45, 2.75) is 6.04 Å². The zero-order chi connectivity index (χ0) is 24.8. The Morgan fingerprint density at radius 3 is 2.21 bits per heavy atom. The van der Waals surface area contributed by atoms with E-state index in [9.17, 15) is 14.9 Å². The Kier molecular flexibility index (Phi) is 8.30. The quantitative estimate of drug-likeness (QED) is 0.440. The molecule has 0 aliphatic carbocycles. The maximum Gasteiger partial charge on any atom is 0.286 e. The Morgan fingerprint density at radius 2 is 1.68 bits per heavy atom. The van der Waals surface area contributed by atoms with Gasteiger partial charge in [0, 0.05) is 58.6 Å². The molecule has 1 atom stereocenters. The first kappa shape index (κ1) is 25.3. The molecule has 0 aromatic heterocycles. The third-order valence-electron chi connectivity index (χ3n) is 6.17. The predicted octanol–water partition coefficient (Wildman–Crippen LogP) is 2.40. The van der Waals surface area contributed by atoms with E-state index in [0.717, 1.165) is 37.4 Å². The van der Waals surface area contributed by atoms with Gasteiger partial charge in [0.15, 0.2) is 11.5 Å². The number of nitro benzene ring substituents is 1. The molecule has 1 fully saturated rings. The minimum absolute atomic E-state index is 0.0620. The Morgan fingerprint density at radius 1 is 1.09 bits per heavy atom. The van der Waals surface area contributed by atoms with Crippen molar-refractivity contribution in [3.05, 3.63) is 57.6 Å². The molecule has 34 heavy (non-hydrogen) atoms. The van der Waals surface area contributed by atoms with E-state index < -0.39 is 10.8 Å². The van der Waals surface area contributed by atoms with E-state index >= 15 is 0 Å². The minimum Gasteiger partial charge on any atom is -0.493 e. The second-order valence-electron chi connectivity index (χ2n) is 8.53. The monoisotopic (exact) mass is 471 g/mol. The van der Waals surface area contributed by atoms with E-state index in [0.29, 0.717) is 6.54 Å². The van der Waals surface area contributed by atoms with E-state index in [1.807, 2.05) is 19.0 Å². The molecule has 1 amide bonds. The number of ether oxygens (including phenoxy) is 2. The normalized spacial score (nSPS) is 15.4. The number of nitro groups is 1. The molecule has 1 heterocycles. The average molecular weight is 472 g/mol. The molecular weight excluding hydrogens is 438 g/mol. The van der Waals surface area contributed by atoms with Crippen LogP contribution in [0.5, 0.6) is 11.5 Å². The highest BCUT2D eigenvalue weighted by atomic mass is 16.6. The first-order chi connectivity index (χ1) is 16.2. The number of hydrogen-bond acceptors (Lipinski definition) is 8. The molecule has 2 aromatic rings. The van der Waals surface area contributed by atoms with Gasteiger partial charge in [-0.1, -0.05) is 12.1 Å². The van der Waals surface area contributed by atoms with Crippen LogP contribution in [0, 0.1) is 10.1 Å². The lowest BCUT2D eigenvalue weighted by atomic mass is 10.0. The molecule has 1 saturated heterocycles. The summed E-state index contributed by atoms with van der Waals surface area (Å²) in [6.45, 7) is 3.91. The first-order valence-electron chi connectivity index (χ1n) is 11.1. The molecule has 184 valence electrons. The van der Waals surface area contributed by atoms with Crippen molar-refractivity contribution in [2.24, 2.45) is 0 Å². The summed E-state index contributed by atoms with van der Waals surface area (Å²) in [6, 6.07) is 10.8. The lowest BCUT2D eigenvalue weighted by Crippen LogP contribution is -2.48. The van der Waals surface area contributed by atoms with Crippen LogP contribution in [0.25, 0.3) is 0 Å². The van der Waals surface area contributed by atoms with Crippen LogP contribution < -0.4 is 19.7 Å². The third kappa shape index (κ3) is 5.75. The van der Waals surface area contributed by atoms with Gasteiger partial charge >= 0.3 is 0 Å². The molecular formula is C24H33N5O5.